The number of aliphatic carboxylic acids is 1. The van der Waals surface area contributed by atoms with E-state index in [-0.39, 0.29) is 18.7 Å². The maximum Gasteiger partial charge on any atom is 0.317 e. The van der Waals surface area contributed by atoms with Crippen LogP contribution in [-0.2, 0) is 11.3 Å². The molecule has 0 aromatic heterocycles. The van der Waals surface area contributed by atoms with Crippen molar-refractivity contribution in [2.45, 2.75) is 38.6 Å². The number of carboxylic acid groups (broad SMARTS) is 1. The Hall–Kier alpha value is -1.63. The predicted octanol–water partition coefficient (Wildman–Crippen LogP) is 1.04. The number of carboxylic acids is 1. The van der Waals surface area contributed by atoms with Crippen LogP contribution in [0, 0.1) is 0 Å². The van der Waals surface area contributed by atoms with Gasteiger partial charge < -0.3 is 14.9 Å². The highest BCUT2D eigenvalue weighted by Crippen LogP contribution is 2.20. The van der Waals surface area contributed by atoms with E-state index in [4.69, 9.17) is 9.84 Å². The summed E-state index contributed by atoms with van der Waals surface area (Å²) in [6.45, 7) is 5.83. The lowest BCUT2D eigenvalue weighted by Crippen LogP contribution is -2.43. The van der Waals surface area contributed by atoms with Crippen LogP contribution in [0.15, 0.2) is 24.3 Å². The highest BCUT2D eigenvalue weighted by Gasteiger charge is 2.34. The summed E-state index contributed by atoms with van der Waals surface area (Å²) in [6.07, 6.45) is -0.401. The summed E-state index contributed by atoms with van der Waals surface area (Å²) in [6, 6.07) is 7.80. The van der Waals surface area contributed by atoms with Gasteiger partial charge in [-0.25, -0.2) is 0 Å². The standard InChI is InChI=1S/C17H26N2O4/c1-12(2)23-14-6-4-5-13(7-14)8-19-9-15(16(20)10-19)18(3)11-17(21)22/h4-7,12,15-16,20H,8-11H2,1-3H3,(H,21,22)/t15?,16-/m1/s1. The second-order valence-electron chi connectivity index (χ2n) is 6.45. The zero-order valence-electron chi connectivity index (χ0n) is 14.0. The number of nitrogens with zero attached hydrogens (tertiary/aromatic N) is 2. The molecule has 6 nitrogen and oxygen atoms in total. The van der Waals surface area contributed by atoms with E-state index in [1.54, 1.807) is 11.9 Å². The van der Waals surface area contributed by atoms with Crippen LogP contribution >= 0.6 is 0 Å². The van der Waals surface area contributed by atoms with Crippen molar-refractivity contribution >= 4 is 5.97 Å². The number of hydrogen-bond acceptors (Lipinski definition) is 5. The molecule has 1 aromatic rings. The molecule has 0 saturated carbocycles. The first-order chi connectivity index (χ1) is 10.8. The monoisotopic (exact) mass is 322 g/mol. The molecule has 0 spiro atoms. The third-order valence-electron chi connectivity index (χ3n) is 3.96. The van der Waals surface area contributed by atoms with Gasteiger partial charge in [0.05, 0.1) is 18.8 Å². The number of aliphatic hydroxyl groups is 1. The molecule has 23 heavy (non-hydrogen) atoms. The van der Waals surface area contributed by atoms with E-state index >= 15 is 0 Å². The van der Waals surface area contributed by atoms with Crippen molar-refractivity contribution in [1.82, 2.24) is 9.80 Å². The zero-order valence-corrected chi connectivity index (χ0v) is 14.0. The molecule has 2 rings (SSSR count). The molecular weight excluding hydrogens is 296 g/mol. The minimum Gasteiger partial charge on any atom is -0.491 e. The van der Waals surface area contributed by atoms with Crippen LogP contribution in [0.1, 0.15) is 19.4 Å². The predicted molar refractivity (Wildman–Crippen MR) is 87.5 cm³/mol. The van der Waals surface area contributed by atoms with Crippen molar-refractivity contribution < 1.29 is 19.7 Å². The van der Waals surface area contributed by atoms with E-state index in [1.807, 2.05) is 38.1 Å². The van der Waals surface area contributed by atoms with E-state index < -0.39 is 12.1 Å². The summed E-state index contributed by atoms with van der Waals surface area (Å²) in [7, 11) is 1.74. The van der Waals surface area contributed by atoms with Gasteiger partial charge in [0.15, 0.2) is 0 Å². The highest BCUT2D eigenvalue weighted by atomic mass is 16.5. The highest BCUT2D eigenvalue weighted by molar-refractivity contribution is 5.69. The lowest BCUT2D eigenvalue weighted by atomic mass is 10.2. The van der Waals surface area contributed by atoms with E-state index in [2.05, 4.69) is 4.90 Å². The van der Waals surface area contributed by atoms with Crippen molar-refractivity contribution in [2.75, 3.05) is 26.7 Å². The molecule has 0 aliphatic carbocycles. The minimum absolute atomic E-state index is 0.0622. The van der Waals surface area contributed by atoms with E-state index in [0.29, 0.717) is 19.6 Å². The fourth-order valence-electron chi connectivity index (χ4n) is 2.99. The van der Waals surface area contributed by atoms with Crippen molar-refractivity contribution in [3.05, 3.63) is 29.8 Å². The van der Waals surface area contributed by atoms with Crippen LogP contribution < -0.4 is 4.74 Å². The molecule has 1 saturated heterocycles. The summed E-state index contributed by atoms with van der Waals surface area (Å²) in [4.78, 5) is 14.7. The molecule has 1 unspecified atom stereocenters. The van der Waals surface area contributed by atoms with Crippen LogP contribution in [0.3, 0.4) is 0 Å². The zero-order chi connectivity index (χ0) is 17.0. The molecule has 6 heteroatoms. The van der Waals surface area contributed by atoms with Crippen LogP contribution in [0.25, 0.3) is 0 Å². The first-order valence-electron chi connectivity index (χ1n) is 7.93. The van der Waals surface area contributed by atoms with Gasteiger partial charge in [0.1, 0.15) is 5.75 Å². The van der Waals surface area contributed by atoms with E-state index in [9.17, 15) is 9.90 Å². The molecule has 0 radical (unpaired) electrons. The summed E-state index contributed by atoms with van der Waals surface area (Å²) < 4.78 is 5.70. The SMILES string of the molecule is CC(C)Oc1cccc(CN2CC(N(C)CC(=O)O)[C@H](O)C2)c1. The molecule has 2 atom stereocenters. The lowest BCUT2D eigenvalue weighted by molar-refractivity contribution is -0.138. The maximum absolute atomic E-state index is 10.8. The number of likely N-dealkylation sites (N-methyl/N-ethyl adjacent to an activating group) is 1. The number of likely N-dealkylation sites (tertiary alicyclic amines) is 1. The van der Waals surface area contributed by atoms with Crippen LogP contribution in [-0.4, -0.2) is 70.9 Å². The molecule has 128 valence electrons. The smallest absolute Gasteiger partial charge is 0.317 e. The van der Waals surface area contributed by atoms with E-state index in [0.717, 1.165) is 11.3 Å². The van der Waals surface area contributed by atoms with Gasteiger partial charge >= 0.3 is 5.97 Å². The van der Waals surface area contributed by atoms with Gasteiger partial charge in [0.2, 0.25) is 0 Å². The van der Waals surface area contributed by atoms with Gasteiger partial charge in [0.25, 0.3) is 0 Å². The van der Waals surface area contributed by atoms with Crippen LogP contribution in [0.2, 0.25) is 0 Å². The fraction of sp³-hybridized carbons (Fsp3) is 0.588. The number of rotatable bonds is 7. The molecule has 1 aliphatic rings. The number of aliphatic hydroxyl groups excluding tert-OH is 1. The number of hydrogen-bond donors (Lipinski definition) is 2. The molecule has 1 fully saturated rings. The van der Waals surface area contributed by atoms with Crippen molar-refractivity contribution in [3.63, 3.8) is 0 Å². The number of benzene rings is 1. The van der Waals surface area contributed by atoms with Crippen LogP contribution in [0.4, 0.5) is 0 Å². The molecular formula is C17H26N2O4. The first kappa shape index (κ1) is 17.7. The Bertz CT molecular complexity index is 535. The third-order valence-corrected chi connectivity index (χ3v) is 3.96. The molecule has 0 amide bonds. The van der Waals surface area contributed by atoms with E-state index in [1.165, 1.54) is 0 Å². The van der Waals surface area contributed by atoms with Gasteiger partial charge in [-0.2, -0.15) is 0 Å². The van der Waals surface area contributed by atoms with Crippen molar-refractivity contribution in [1.29, 1.82) is 0 Å². The topological polar surface area (TPSA) is 73.2 Å². The Labute approximate surface area is 137 Å². The summed E-state index contributed by atoms with van der Waals surface area (Å²) >= 11 is 0. The Kier molecular flexibility index (Phi) is 5.98. The summed E-state index contributed by atoms with van der Waals surface area (Å²) in [5, 5.41) is 19.1. The summed E-state index contributed by atoms with van der Waals surface area (Å²) in [5.74, 6) is -0.0338. The fourth-order valence-corrected chi connectivity index (χ4v) is 2.99. The first-order valence-corrected chi connectivity index (χ1v) is 7.93. The quantitative estimate of drug-likeness (QED) is 0.781. The molecule has 0 bridgehead atoms. The maximum atomic E-state index is 10.8. The molecule has 1 heterocycles. The Morgan fingerprint density at radius 3 is 2.83 bits per heavy atom. The molecule has 2 N–H and O–H groups in total. The van der Waals surface area contributed by atoms with Gasteiger partial charge in [-0.15, -0.1) is 0 Å². The summed E-state index contributed by atoms with van der Waals surface area (Å²) in [5.41, 5.74) is 1.12. The van der Waals surface area contributed by atoms with Crippen molar-refractivity contribution in [3.8, 4) is 5.75 Å². The molecule has 1 aromatic carbocycles. The van der Waals surface area contributed by atoms with Gasteiger partial charge in [-0.1, -0.05) is 12.1 Å². The number of ether oxygens (including phenoxy) is 1. The Morgan fingerprint density at radius 2 is 2.17 bits per heavy atom. The minimum atomic E-state index is -0.878. The largest absolute Gasteiger partial charge is 0.491 e. The second kappa shape index (κ2) is 7.77. The van der Waals surface area contributed by atoms with Crippen LogP contribution in [0.5, 0.6) is 5.75 Å². The van der Waals surface area contributed by atoms with Gasteiger partial charge in [-0.3, -0.25) is 14.6 Å². The number of β-amino-alcohol motifs (C(OH)–C–C–N with tert-alkyl or cyclic N) is 1. The number of carbonyl (C=O) groups is 1. The normalized spacial score (nSPS) is 22.0. The molecule has 1 aliphatic heterocycles. The van der Waals surface area contributed by atoms with Gasteiger partial charge in [-0.05, 0) is 38.6 Å². The third kappa shape index (κ3) is 5.20. The Balaban J connectivity index is 1.95. The Morgan fingerprint density at radius 1 is 1.43 bits per heavy atom. The lowest BCUT2D eigenvalue weighted by Gasteiger charge is -2.24. The van der Waals surface area contributed by atoms with Gasteiger partial charge in [0, 0.05) is 25.7 Å². The second-order valence-corrected chi connectivity index (χ2v) is 6.45. The average Bonchev–Trinajstić information content (AvgIpc) is 2.78. The van der Waals surface area contributed by atoms with Crippen molar-refractivity contribution in [2.24, 2.45) is 0 Å². The average molecular weight is 322 g/mol.